The summed E-state index contributed by atoms with van der Waals surface area (Å²) in [6.45, 7) is 10.7. The molecule has 0 unspecified atom stereocenters. The predicted octanol–water partition coefficient (Wildman–Crippen LogP) is 8.07. The smallest absolute Gasteiger partial charge is 0.290 e. The first-order valence-electron chi connectivity index (χ1n) is 12.6. The molecule has 0 atom stereocenters. The van der Waals surface area contributed by atoms with Crippen LogP contribution in [-0.4, -0.2) is 36.1 Å². The monoisotopic (exact) mass is 399 g/mol. The Labute approximate surface area is 177 Å². The molecule has 0 aromatic heterocycles. The van der Waals surface area contributed by atoms with E-state index >= 15 is 0 Å². The first kappa shape index (κ1) is 29.6. The fraction of sp³-hybridized carbons (Fsp3) is 0.960. The van der Waals surface area contributed by atoms with E-state index in [1.807, 2.05) is 0 Å². The molecule has 1 N–H and O–H groups in total. The zero-order valence-corrected chi connectivity index (χ0v) is 19.7. The van der Waals surface area contributed by atoms with Crippen LogP contribution in [0.1, 0.15) is 136 Å². The summed E-state index contributed by atoms with van der Waals surface area (Å²) in [5.41, 5.74) is 0. The lowest BCUT2D eigenvalue weighted by Gasteiger charge is -2.22. The number of carboxylic acid groups (broad SMARTS) is 1. The largest absolute Gasteiger partial charge is 0.483 e. The van der Waals surface area contributed by atoms with Crippen LogP contribution in [0.15, 0.2) is 0 Å². The van der Waals surface area contributed by atoms with Gasteiger partial charge in [0.1, 0.15) is 0 Å². The van der Waals surface area contributed by atoms with Crippen LogP contribution in [0, 0.1) is 0 Å². The molecule has 0 heterocycles. The second-order valence-electron chi connectivity index (χ2n) is 8.25. The van der Waals surface area contributed by atoms with E-state index in [-0.39, 0.29) is 6.47 Å². The van der Waals surface area contributed by atoms with Crippen LogP contribution >= 0.6 is 0 Å². The summed E-state index contributed by atoms with van der Waals surface area (Å²) in [7, 11) is 0. The Morgan fingerprint density at radius 2 is 0.714 bits per heavy atom. The van der Waals surface area contributed by atoms with Crippen molar-refractivity contribution in [2.75, 3.05) is 19.6 Å². The highest BCUT2D eigenvalue weighted by atomic mass is 16.3. The summed E-state index contributed by atoms with van der Waals surface area (Å²) in [6, 6.07) is 0. The van der Waals surface area contributed by atoms with Crippen LogP contribution in [0.4, 0.5) is 0 Å². The van der Waals surface area contributed by atoms with Gasteiger partial charge in [0.25, 0.3) is 6.47 Å². The average Bonchev–Trinajstić information content (AvgIpc) is 2.69. The maximum absolute atomic E-state index is 8.36. The Balaban J connectivity index is 0. The minimum atomic E-state index is -0.250. The third-order valence-electron chi connectivity index (χ3n) is 5.48. The SMILES string of the molecule is CCCCCCCCN(CCCCCCCC)CCCCCCCC.O=CO. The lowest BCUT2D eigenvalue weighted by molar-refractivity contribution is -0.122. The van der Waals surface area contributed by atoms with E-state index < -0.39 is 0 Å². The van der Waals surface area contributed by atoms with E-state index in [0.29, 0.717) is 0 Å². The number of hydrogen-bond donors (Lipinski definition) is 1. The van der Waals surface area contributed by atoms with Crippen molar-refractivity contribution >= 4 is 6.47 Å². The van der Waals surface area contributed by atoms with Crippen LogP contribution < -0.4 is 0 Å². The molecule has 0 fully saturated rings. The molecule has 3 heteroatoms. The summed E-state index contributed by atoms with van der Waals surface area (Å²) in [5.74, 6) is 0. The second-order valence-corrected chi connectivity index (χ2v) is 8.25. The molecule has 0 aromatic rings. The summed E-state index contributed by atoms with van der Waals surface area (Å²) >= 11 is 0. The van der Waals surface area contributed by atoms with Gasteiger partial charge < -0.3 is 10.0 Å². The van der Waals surface area contributed by atoms with Gasteiger partial charge in [-0.15, -0.1) is 0 Å². The normalized spacial score (nSPS) is 10.7. The number of nitrogens with zero attached hydrogens (tertiary/aromatic N) is 1. The van der Waals surface area contributed by atoms with Gasteiger partial charge in [-0.05, 0) is 38.9 Å². The molecule has 0 aliphatic carbocycles. The Hall–Kier alpha value is -0.570. The third kappa shape index (κ3) is 27.6. The lowest BCUT2D eigenvalue weighted by atomic mass is 10.1. The van der Waals surface area contributed by atoms with Gasteiger partial charge in [-0.2, -0.15) is 0 Å². The van der Waals surface area contributed by atoms with Crippen molar-refractivity contribution in [3.63, 3.8) is 0 Å². The zero-order chi connectivity index (χ0) is 21.1. The van der Waals surface area contributed by atoms with Gasteiger partial charge >= 0.3 is 0 Å². The van der Waals surface area contributed by atoms with Crippen molar-refractivity contribution in [1.82, 2.24) is 4.90 Å². The van der Waals surface area contributed by atoms with Gasteiger partial charge in [0.05, 0.1) is 0 Å². The van der Waals surface area contributed by atoms with Gasteiger partial charge in [-0.1, -0.05) is 117 Å². The maximum atomic E-state index is 8.36. The fourth-order valence-corrected chi connectivity index (χ4v) is 3.68. The van der Waals surface area contributed by atoms with Crippen molar-refractivity contribution in [1.29, 1.82) is 0 Å². The standard InChI is InChI=1S/C24H51N.CH2O2/c1-4-7-10-13-16-19-22-25(23-20-17-14-11-8-5-2)24-21-18-15-12-9-6-3;2-1-3/h4-24H2,1-3H3;1H,(H,2,3). The Morgan fingerprint density at radius 1 is 0.500 bits per heavy atom. The minimum absolute atomic E-state index is 0.250. The lowest BCUT2D eigenvalue weighted by Crippen LogP contribution is -2.27. The molecule has 3 nitrogen and oxygen atoms in total. The molecule has 0 bridgehead atoms. The molecule has 0 radical (unpaired) electrons. The van der Waals surface area contributed by atoms with Gasteiger partial charge in [0.15, 0.2) is 0 Å². The number of carbonyl (C=O) groups is 1. The summed E-state index contributed by atoms with van der Waals surface area (Å²) in [4.78, 5) is 11.2. The molecule has 0 aromatic carbocycles. The van der Waals surface area contributed by atoms with Crippen molar-refractivity contribution in [3.05, 3.63) is 0 Å². The Bertz CT molecular complexity index is 233. The van der Waals surface area contributed by atoms with Crippen LogP contribution in [0.5, 0.6) is 0 Å². The van der Waals surface area contributed by atoms with Gasteiger partial charge in [-0.3, -0.25) is 4.79 Å². The van der Waals surface area contributed by atoms with E-state index in [4.69, 9.17) is 9.90 Å². The average molecular weight is 400 g/mol. The summed E-state index contributed by atoms with van der Waals surface area (Å²) in [5, 5.41) is 6.89. The molecule has 0 saturated heterocycles. The molecule has 0 aliphatic rings. The van der Waals surface area contributed by atoms with Crippen LogP contribution in [-0.2, 0) is 4.79 Å². The van der Waals surface area contributed by atoms with Gasteiger partial charge in [0, 0.05) is 0 Å². The summed E-state index contributed by atoms with van der Waals surface area (Å²) < 4.78 is 0. The summed E-state index contributed by atoms with van der Waals surface area (Å²) in [6.07, 6.45) is 25.7. The second kappa shape index (κ2) is 28.6. The van der Waals surface area contributed by atoms with Crippen molar-refractivity contribution in [3.8, 4) is 0 Å². The van der Waals surface area contributed by atoms with Gasteiger partial charge in [0.2, 0.25) is 0 Å². The molecular formula is C25H53NO2. The van der Waals surface area contributed by atoms with Crippen molar-refractivity contribution in [2.45, 2.75) is 136 Å². The Kier molecular flexibility index (Phi) is 30.3. The zero-order valence-electron chi connectivity index (χ0n) is 19.7. The minimum Gasteiger partial charge on any atom is -0.483 e. The molecule has 0 saturated carbocycles. The molecule has 0 spiro atoms. The van der Waals surface area contributed by atoms with Crippen LogP contribution in [0.25, 0.3) is 0 Å². The van der Waals surface area contributed by atoms with E-state index in [1.165, 1.54) is 135 Å². The third-order valence-corrected chi connectivity index (χ3v) is 5.48. The van der Waals surface area contributed by atoms with E-state index in [1.54, 1.807) is 0 Å². The fourth-order valence-electron chi connectivity index (χ4n) is 3.68. The molecule has 28 heavy (non-hydrogen) atoms. The van der Waals surface area contributed by atoms with Crippen molar-refractivity contribution < 1.29 is 9.90 Å². The molecule has 170 valence electrons. The van der Waals surface area contributed by atoms with Crippen molar-refractivity contribution in [2.24, 2.45) is 0 Å². The first-order chi connectivity index (χ1) is 13.8. The quantitative estimate of drug-likeness (QED) is 0.157. The van der Waals surface area contributed by atoms with E-state index in [2.05, 4.69) is 25.7 Å². The first-order valence-corrected chi connectivity index (χ1v) is 12.6. The van der Waals surface area contributed by atoms with Crippen LogP contribution in [0.3, 0.4) is 0 Å². The predicted molar refractivity (Wildman–Crippen MR) is 125 cm³/mol. The number of hydrogen-bond acceptors (Lipinski definition) is 2. The molecule has 0 rings (SSSR count). The molecule has 0 aliphatic heterocycles. The molecule has 0 amide bonds. The highest BCUT2D eigenvalue weighted by Crippen LogP contribution is 2.11. The highest BCUT2D eigenvalue weighted by molar-refractivity contribution is 5.32. The maximum Gasteiger partial charge on any atom is 0.290 e. The van der Waals surface area contributed by atoms with Crippen LogP contribution in [0.2, 0.25) is 0 Å². The topological polar surface area (TPSA) is 40.5 Å². The molecular weight excluding hydrogens is 346 g/mol. The number of rotatable bonds is 21. The Morgan fingerprint density at radius 3 is 0.964 bits per heavy atom. The highest BCUT2D eigenvalue weighted by Gasteiger charge is 2.05. The van der Waals surface area contributed by atoms with Gasteiger partial charge in [-0.25, -0.2) is 0 Å². The van der Waals surface area contributed by atoms with E-state index in [9.17, 15) is 0 Å². The van der Waals surface area contributed by atoms with E-state index in [0.717, 1.165) is 0 Å². The number of unbranched alkanes of at least 4 members (excludes halogenated alkanes) is 15.